The minimum Gasteiger partial charge on any atom is -0.462 e. The first-order valence-corrected chi connectivity index (χ1v) is 9.40. The maximum atomic E-state index is 12.5. The monoisotopic (exact) mass is 357 g/mol. The van der Waals surface area contributed by atoms with E-state index in [9.17, 15) is 9.59 Å². The van der Waals surface area contributed by atoms with Crippen LogP contribution >= 0.6 is 0 Å². The Morgan fingerprint density at radius 3 is 2.54 bits per heavy atom. The summed E-state index contributed by atoms with van der Waals surface area (Å²) < 4.78 is 5.31. The molecule has 2 heterocycles. The number of hydrogen-bond donors (Lipinski definition) is 2. The Balaban J connectivity index is 1.83. The van der Waals surface area contributed by atoms with E-state index >= 15 is 0 Å². The molecule has 0 aromatic heterocycles. The number of carbonyl (C=O) groups is 2. The summed E-state index contributed by atoms with van der Waals surface area (Å²) in [6.07, 6.45) is 4.50. The summed E-state index contributed by atoms with van der Waals surface area (Å²) in [4.78, 5) is 26.8. The lowest BCUT2D eigenvalue weighted by Gasteiger charge is -2.30. The van der Waals surface area contributed by atoms with Gasteiger partial charge in [0.2, 0.25) is 0 Å². The summed E-state index contributed by atoms with van der Waals surface area (Å²) in [5, 5.41) is 5.52. The van der Waals surface area contributed by atoms with Crippen molar-refractivity contribution in [3.8, 4) is 0 Å². The molecule has 0 aliphatic carbocycles. The first kappa shape index (κ1) is 18.3. The average molecular weight is 357 g/mol. The third kappa shape index (κ3) is 4.00. The molecule has 0 saturated carbocycles. The summed E-state index contributed by atoms with van der Waals surface area (Å²) in [5.74, 6) is -0.387. The second-order valence-corrected chi connectivity index (χ2v) is 6.85. The minimum atomic E-state index is -0.497. The van der Waals surface area contributed by atoms with E-state index in [1.165, 1.54) is 24.9 Å². The molecule has 1 saturated heterocycles. The standard InChI is InChI=1S/C20H27N3O3/c1-3-13-26-19(24)17-14(2)21-20(25)22-18(17)15-7-9-16(10-8-15)23-11-5-4-6-12-23/h7-10,18H,3-6,11-13H2,1-2H3,(H2,21,22,25). The van der Waals surface area contributed by atoms with Gasteiger partial charge in [-0.3, -0.25) is 0 Å². The number of rotatable bonds is 5. The summed E-state index contributed by atoms with van der Waals surface area (Å²) in [6, 6.07) is 7.31. The van der Waals surface area contributed by atoms with Crippen LogP contribution in [0.3, 0.4) is 0 Å². The minimum absolute atomic E-state index is 0.306. The molecule has 1 unspecified atom stereocenters. The molecule has 1 atom stereocenters. The number of benzene rings is 1. The number of hydrogen-bond acceptors (Lipinski definition) is 4. The van der Waals surface area contributed by atoms with Crippen LogP contribution in [0.5, 0.6) is 0 Å². The molecule has 1 aromatic rings. The SMILES string of the molecule is CCCOC(=O)C1=C(C)NC(=O)NC1c1ccc(N2CCCCC2)cc1. The number of ether oxygens (including phenoxy) is 1. The van der Waals surface area contributed by atoms with Gasteiger partial charge in [-0.2, -0.15) is 0 Å². The average Bonchev–Trinajstić information content (AvgIpc) is 2.66. The van der Waals surface area contributed by atoms with E-state index in [1.807, 2.05) is 19.1 Å². The number of nitrogens with zero attached hydrogens (tertiary/aromatic N) is 1. The topological polar surface area (TPSA) is 70.7 Å². The van der Waals surface area contributed by atoms with Crippen molar-refractivity contribution in [2.75, 3.05) is 24.6 Å². The molecule has 26 heavy (non-hydrogen) atoms. The molecule has 3 rings (SSSR count). The zero-order valence-corrected chi connectivity index (χ0v) is 15.5. The predicted octanol–water partition coefficient (Wildman–Crippen LogP) is 3.26. The number of carbonyl (C=O) groups excluding carboxylic acids is 2. The molecule has 6 nitrogen and oxygen atoms in total. The van der Waals surface area contributed by atoms with Gasteiger partial charge >= 0.3 is 12.0 Å². The van der Waals surface area contributed by atoms with E-state index in [2.05, 4.69) is 27.7 Å². The third-order valence-corrected chi connectivity index (χ3v) is 4.87. The molecule has 1 fully saturated rings. The molecule has 1 aromatic carbocycles. The Bertz CT molecular complexity index is 691. The maximum Gasteiger partial charge on any atom is 0.338 e. The van der Waals surface area contributed by atoms with E-state index in [0.717, 1.165) is 25.1 Å². The van der Waals surface area contributed by atoms with Crippen molar-refractivity contribution in [1.29, 1.82) is 0 Å². The van der Waals surface area contributed by atoms with E-state index in [4.69, 9.17) is 4.74 Å². The predicted molar refractivity (Wildman–Crippen MR) is 101 cm³/mol. The van der Waals surface area contributed by atoms with Crippen LogP contribution < -0.4 is 15.5 Å². The fourth-order valence-electron chi connectivity index (χ4n) is 3.52. The number of anilines is 1. The Morgan fingerprint density at radius 2 is 1.88 bits per heavy atom. The summed E-state index contributed by atoms with van der Waals surface area (Å²) in [5.41, 5.74) is 3.07. The van der Waals surface area contributed by atoms with Crippen molar-refractivity contribution in [3.05, 3.63) is 41.1 Å². The highest BCUT2D eigenvalue weighted by atomic mass is 16.5. The van der Waals surface area contributed by atoms with Crippen molar-refractivity contribution >= 4 is 17.7 Å². The first-order valence-electron chi connectivity index (χ1n) is 9.40. The van der Waals surface area contributed by atoms with E-state index in [0.29, 0.717) is 17.9 Å². The Kier molecular flexibility index (Phi) is 5.81. The van der Waals surface area contributed by atoms with Crippen molar-refractivity contribution < 1.29 is 14.3 Å². The van der Waals surface area contributed by atoms with Crippen LogP contribution in [0.1, 0.15) is 51.1 Å². The molecule has 6 heteroatoms. The van der Waals surface area contributed by atoms with Gasteiger partial charge < -0.3 is 20.3 Å². The number of esters is 1. The van der Waals surface area contributed by atoms with Gasteiger partial charge in [-0.25, -0.2) is 9.59 Å². The Labute approximate surface area is 154 Å². The van der Waals surface area contributed by atoms with Gasteiger partial charge in [0, 0.05) is 24.5 Å². The highest BCUT2D eigenvalue weighted by molar-refractivity contribution is 5.95. The maximum absolute atomic E-state index is 12.5. The fraction of sp³-hybridized carbons (Fsp3) is 0.500. The molecule has 0 spiro atoms. The molecule has 0 radical (unpaired) electrons. The van der Waals surface area contributed by atoms with Crippen molar-refractivity contribution in [1.82, 2.24) is 10.6 Å². The highest BCUT2D eigenvalue weighted by Gasteiger charge is 2.32. The zero-order chi connectivity index (χ0) is 18.5. The molecule has 2 aliphatic heterocycles. The van der Waals surface area contributed by atoms with Crippen molar-refractivity contribution in [3.63, 3.8) is 0 Å². The number of allylic oxidation sites excluding steroid dienone is 1. The van der Waals surface area contributed by atoms with Gasteiger partial charge in [0.1, 0.15) is 0 Å². The largest absolute Gasteiger partial charge is 0.462 e. The fourth-order valence-corrected chi connectivity index (χ4v) is 3.52. The number of urea groups is 1. The van der Waals surface area contributed by atoms with Gasteiger partial charge in [-0.1, -0.05) is 19.1 Å². The highest BCUT2D eigenvalue weighted by Crippen LogP contribution is 2.29. The van der Waals surface area contributed by atoms with Crippen molar-refractivity contribution in [2.24, 2.45) is 0 Å². The molecule has 2 N–H and O–H groups in total. The Morgan fingerprint density at radius 1 is 1.19 bits per heavy atom. The van der Waals surface area contributed by atoms with Crippen LogP contribution in [0.15, 0.2) is 35.5 Å². The second kappa shape index (κ2) is 8.25. The number of amides is 2. The van der Waals surface area contributed by atoms with Crippen LogP contribution in [0.2, 0.25) is 0 Å². The quantitative estimate of drug-likeness (QED) is 0.794. The first-order chi connectivity index (χ1) is 12.6. The summed E-state index contributed by atoms with van der Waals surface area (Å²) >= 11 is 0. The zero-order valence-electron chi connectivity index (χ0n) is 15.5. The summed E-state index contributed by atoms with van der Waals surface area (Å²) in [7, 11) is 0. The van der Waals surface area contributed by atoms with Crippen LogP contribution in [0, 0.1) is 0 Å². The van der Waals surface area contributed by atoms with Crippen molar-refractivity contribution in [2.45, 2.75) is 45.6 Å². The van der Waals surface area contributed by atoms with Crippen LogP contribution in [0.25, 0.3) is 0 Å². The van der Waals surface area contributed by atoms with Gasteiger partial charge in [-0.15, -0.1) is 0 Å². The lowest BCUT2D eigenvalue weighted by Crippen LogP contribution is -2.45. The summed E-state index contributed by atoms with van der Waals surface area (Å²) in [6.45, 7) is 6.21. The van der Waals surface area contributed by atoms with Crippen LogP contribution in [-0.2, 0) is 9.53 Å². The van der Waals surface area contributed by atoms with E-state index in [-0.39, 0.29) is 12.0 Å². The van der Waals surface area contributed by atoms with Gasteiger partial charge in [-0.05, 0) is 50.3 Å². The lowest BCUT2D eigenvalue weighted by molar-refractivity contribution is -0.139. The molecular weight excluding hydrogens is 330 g/mol. The Hall–Kier alpha value is -2.50. The number of piperidine rings is 1. The van der Waals surface area contributed by atoms with Crippen LogP contribution in [0.4, 0.5) is 10.5 Å². The second-order valence-electron chi connectivity index (χ2n) is 6.85. The smallest absolute Gasteiger partial charge is 0.338 e. The normalized spacial score (nSPS) is 20.5. The van der Waals surface area contributed by atoms with Gasteiger partial charge in [0.05, 0.1) is 18.2 Å². The molecule has 140 valence electrons. The van der Waals surface area contributed by atoms with Crippen LogP contribution in [-0.4, -0.2) is 31.7 Å². The molecule has 0 bridgehead atoms. The van der Waals surface area contributed by atoms with E-state index in [1.54, 1.807) is 6.92 Å². The molecule has 2 aliphatic rings. The molecular formula is C20H27N3O3. The van der Waals surface area contributed by atoms with E-state index < -0.39 is 6.04 Å². The lowest BCUT2D eigenvalue weighted by atomic mass is 9.95. The van der Waals surface area contributed by atoms with Gasteiger partial charge in [0.15, 0.2) is 0 Å². The third-order valence-electron chi connectivity index (χ3n) is 4.87. The van der Waals surface area contributed by atoms with Gasteiger partial charge in [0.25, 0.3) is 0 Å². The molecule has 2 amide bonds. The number of nitrogens with one attached hydrogen (secondary N) is 2.